The van der Waals surface area contributed by atoms with Gasteiger partial charge in [-0.15, -0.1) is 0 Å². The van der Waals surface area contributed by atoms with Crippen LogP contribution < -0.4 is 4.31 Å². The molecule has 1 heterocycles. The van der Waals surface area contributed by atoms with E-state index in [1.807, 2.05) is 38.1 Å². The van der Waals surface area contributed by atoms with E-state index < -0.39 is 10.0 Å². The third kappa shape index (κ3) is 2.55. The lowest BCUT2D eigenvalue weighted by molar-refractivity contribution is 0.593. The number of rotatable bonds is 0. The van der Waals surface area contributed by atoms with Crippen LogP contribution in [0.15, 0.2) is 24.3 Å². The summed E-state index contributed by atoms with van der Waals surface area (Å²) in [5, 5.41) is 0. The SMILES string of the molecule is CC.CN1c2ccccc2CCCS1(=O)=O. The van der Waals surface area contributed by atoms with Gasteiger partial charge >= 0.3 is 0 Å². The van der Waals surface area contributed by atoms with Crippen LogP contribution in [0.5, 0.6) is 0 Å². The van der Waals surface area contributed by atoms with E-state index in [2.05, 4.69) is 0 Å². The maximum Gasteiger partial charge on any atom is 0.234 e. The molecule has 0 aliphatic carbocycles. The van der Waals surface area contributed by atoms with Crippen LogP contribution in [0.2, 0.25) is 0 Å². The van der Waals surface area contributed by atoms with Crippen molar-refractivity contribution in [1.29, 1.82) is 0 Å². The quantitative estimate of drug-likeness (QED) is 0.699. The van der Waals surface area contributed by atoms with Gasteiger partial charge in [0.25, 0.3) is 0 Å². The van der Waals surface area contributed by atoms with Crippen LogP contribution in [-0.4, -0.2) is 21.2 Å². The average Bonchev–Trinajstić information content (AvgIpc) is 2.41. The van der Waals surface area contributed by atoms with Crippen molar-refractivity contribution < 1.29 is 8.42 Å². The summed E-state index contributed by atoms with van der Waals surface area (Å²) in [5.74, 6) is 0.248. The molecule has 0 radical (unpaired) electrons. The molecule has 1 aromatic carbocycles. The molecule has 0 bridgehead atoms. The molecule has 0 saturated heterocycles. The standard InChI is InChI=1S/C10H13NO2S.C2H6/c1-11-10-7-3-2-5-9(10)6-4-8-14(11,12)13;1-2/h2-3,5,7H,4,6,8H2,1H3;1-2H3. The Morgan fingerprint density at radius 2 is 1.81 bits per heavy atom. The molecule has 3 nitrogen and oxygen atoms in total. The Labute approximate surface area is 98.1 Å². The van der Waals surface area contributed by atoms with Gasteiger partial charge in [0.1, 0.15) is 0 Å². The molecule has 0 unspecified atom stereocenters. The molecular weight excluding hydrogens is 222 g/mol. The minimum atomic E-state index is -3.08. The van der Waals surface area contributed by atoms with Crippen LogP contribution in [0.4, 0.5) is 5.69 Å². The van der Waals surface area contributed by atoms with Gasteiger partial charge in [-0.2, -0.15) is 0 Å². The van der Waals surface area contributed by atoms with Gasteiger partial charge in [-0.1, -0.05) is 32.0 Å². The summed E-state index contributed by atoms with van der Waals surface area (Å²) < 4.78 is 24.8. The Hall–Kier alpha value is -1.03. The number of aryl methyl sites for hydroxylation is 1. The predicted molar refractivity (Wildman–Crippen MR) is 68.3 cm³/mol. The maximum absolute atomic E-state index is 11.7. The summed E-state index contributed by atoms with van der Waals surface area (Å²) in [6, 6.07) is 7.67. The lowest BCUT2D eigenvalue weighted by Gasteiger charge is -2.18. The Balaban J connectivity index is 0.000000606. The lowest BCUT2D eigenvalue weighted by Crippen LogP contribution is -2.27. The van der Waals surface area contributed by atoms with Crippen molar-refractivity contribution >= 4 is 15.7 Å². The molecule has 4 heteroatoms. The average molecular weight is 241 g/mol. The van der Waals surface area contributed by atoms with Gasteiger partial charge in [-0.3, -0.25) is 4.31 Å². The summed E-state index contributed by atoms with van der Waals surface area (Å²) in [6.07, 6.45) is 1.56. The first-order chi connectivity index (χ1) is 7.61. The molecule has 1 aromatic rings. The Morgan fingerprint density at radius 1 is 1.19 bits per heavy atom. The van der Waals surface area contributed by atoms with E-state index in [4.69, 9.17) is 0 Å². The lowest BCUT2D eigenvalue weighted by atomic mass is 10.1. The summed E-state index contributed by atoms with van der Waals surface area (Å²) in [7, 11) is -1.45. The Bertz CT molecular complexity index is 440. The molecule has 0 spiro atoms. The summed E-state index contributed by atoms with van der Waals surface area (Å²) in [5.41, 5.74) is 1.95. The molecule has 1 aliphatic rings. The highest BCUT2D eigenvalue weighted by atomic mass is 32.2. The van der Waals surface area contributed by atoms with Crippen LogP contribution in [0.1, 0.15) is 25.8 Å². The first kappa shape index (κ1) is 13.0. The van der Waals surface area contributed by atoms with Crippen molar-refractivity contribution in [3.63, 3.8) is 0 Å². The number of hydrogen-bond acceptors (Lipinski definition) is 2. The van der Waals surface area contributed by atoms with Gasteiger partial charge in [0, 0.05) is 7.05 Å². The second-order valence-electron chi connectivity index (χ2n) is 3.52. The van der Waals surface area contributed by atoms with Gasteiger partial charge < -0.3 is 0 Å². The van der Waals surface area contributed by atoms with Gasteiger partial charge in [0.2, 0.25) is 10.0 Å². The molecular formula is C12H19NO2S. The third-order valence-corrected chi connectivity index (χ3v) is 4.43. The fourth-order valence-electron chi connectivity index (χ4n) is 1.76. The molecule has 0 amide bonds. The molecule has 16 heavy (non-hydrogen) atoms. The minimum absolute atomic E-state index is 0.248. The van der Waals surface area contributed by atoms with Crippen molar-refractivity contribution in [3.05, 3.63) is 29.8 Å². The first-order valence-electron chi connectivity index (χ1n) is 5.66. The van der Waals surface area contributed by atoms with Crippen LogP contribution in [0.3, 0.4) is 0 Å². The van der Waals surface area contributed by atoms with E-state index >= 15 is 0 Å². The van der Waals surface area contributed by atoms with E-state index in [9.17, 15) is 8.42 Å². The van der Waals surface area contributed by atoms with Gasteiger partial charge in [0.05, 0.1) is 11.4 Å². The normalized spacial score (nSPS) is 17.8. The molecule has 0 aromatic heterocycles. The largest absolute Gasteiger partial charge is 0.273 e. The smallest absolute Gasteiger partial charge is 0.234 e. The number of benzene rings is 1. The number of para-hydroxylation sites is 1. The van der Waals surface area contributed by atoms with Crippen molar-refractivity contribution in [2.24, 2.45) is 0 Å². The zero-order valence-electron chi connectivity index (χ0n) is 10.1. The van der Waals surface area contributed by atoms with E-state index in [0.29, 0.717) is 6.42 Å². The van der Waals surface area contributed by atoms with Crippen LogP contribution >= 0.6 is 0 Å². The monoisotopic (exact) mass is 241 g/mol. The molecule has 90 valence electrons. The van der Waals surface area contributed by atoms with Gasteiger partial charge in [-0.25, -0.2) is 8.42 Å². The summed E-state index contributed by atoms with van der Waals surface area (Å²) >= 11 is 0. The zero-order valence-corrected chi connectivity index (χ0v) is 10.9. The number of sulfonamides is 1. The molecule has 0 saturated carbocycles. The maximum atomic E-state index is 11.7. The molecule has 0 fully saturated rings. The number of nitrogens with zero attached hydrogens (tertiary/aromatic N) is 1. The predicted octanol–water partition coefficient (Wildman–Crippen LogP) is 2.43. The topological polar surface area (TPSA) is 37.4 Å². The number of anilines is 1. The molecule has 1 aliphatic heterocycles. The van der Waals surface area contributed by atoms with Crippen molar-refractivity contribution in [2.45, 2.75) is 26.7 Å². The van der Waals surface area contributed by atoms with E-state index in [-0.39, 0.29) is 5.75 Å². The van der Waals surface area contributed by atoms with E-state index in [1.165, 1.54) is 4.31 Å². The fourth-order valence-corrected chi connectivity index (χ4v) is 3.02. The molecule has 2 rings (SSSR count). The zero-order chi connectivity index (χ0) is 12.2. The van der Waals surface area contributed by atoms with Crippen LogP contribution in [-0.2, 0) is 16.4 Å². The minimum Gasteiger partial charge on any atom is -0.273 e. The van der Waals surface area contributed by atoms with Crippen LogP contribution in [0, 0.1) is 0 Å². The molecule has 0 atom stereocenters. The Morgan fingerprint density at radius 3 is 2.50 bits per heavy atom. The first-order valence-corrected chi connectivity index (χ1v) is 7.27. The summed E-state index contributed by atoms with van der Waals surface area (Å²) in [4.78, 5) is 0. The van der Waals surface area contributed by atoms with Gasteiger partial charge in [-0.05, 0) is 24.5 Å². The second kappa shape index (κ2) is 5.34. The summed E-state index contributed by atoms with van der Waals surface area (Å²) in [6.45, 7) is 4.00. The third-order valence-electron chi connectivity index (χ3n) is 2.60. The highest BCUT2D eigenvalue weighted by Crippen LogP contribution is 2.26. The van der Waals surface area contributed by atoms with Gasteiger partial charge in [0.15, 0.2) is 0 Å². The van der Waals surface area contributed by atoms with Crippen molar-refractivity contribution in [1.82, 2.24) is 0 Å². The van der Waals surface area contributed by atoms with Crippen LogP contribution in [0.25, 0.3) is 0 Å². The van der Waals surface area contributed by atoms with E-state index in [0.717, 1.165) is 17.7 Å². The van der Waals surface area contributed by atoms with E-state index in [1.54, 1.807) is 7.05 Å². The molecule has 0 N–H and O–H groups in total. The Kier molecular flexibility index (Phi) is 4.35. The highest BCUT2D eigenvalue weighted by molar-refractivity contribution is 7.92. The number of fused-ring (bicyclic) bond motifs is 1. The fraction of sp³-hybridized carbons (Fsp3) is 0.500. The van der Waals surface area contributed by atoms with Crippen molar-refractivity contribution in [2.75, 3.05) is 17.1 Å². The number of hydrogen-bond donors (Lipinski definition) is 0. The van der Waals surface area contributed by atoms with Crippen molar-refractivity contribution in [3.8, 4) is 0 Å². The second-order valence-corrected chi connectivity index (χ2v) is 5.64. The highest BCUT2D eigenvalue weighted by Gasteiger charge is 2.23.